The fourth-order valence-electron chi connectivity index (χ4n) is 4.22. The van der Waals surface area contributed by atoms with Gasteiger partial charge in [0.1, 0.15) is 0 Å². The highest BCUT2D eigenvalue weighted by atomic mass is 35.5. The van der Waals surface area contributed by atoms with Crippen LogP contribution < -0.4 is 0 Å². The van der Waals surface area contributed by atoms with Crippen LogP contribution in [0.4, 0.5) is 0 Å². The van der Waals surface area contributed by atoms with E-state index in [0.29, 0.717) is 6.42 Å². The molecular formula is C24H34Cl2O3. The molecule has 0 aromatic heterocycles. The Labute approximate surface area is 185 Å². The number of halogens is 2. The van der Waals surface area contributed by atoms with Gasteiger partial charge >= 0.3 is 5.97 Å². The maximum absolute atomic E-state index is 10.6. The molecule has 162 valence electrons. The lowest BCUT2D eigenvalue weighted by Gasteiger charge is -2.23. The predicted octanol–water partition coefficient (Wildman–Crippen LogP) is 6.82. The molecule has 0 bridgehead atoms. The fraction of sp³-hybridized carbons (Fsp3) is 0.625. The minimum atomic E-state index is -0.751. The number of aliphatic hydroxyl groups excluding tert-OH is 1. The molecule has 1 aliphatic rings. The number of benzene rings is 1. The minimum Gasteiger partial charge on any atom is -0.481 e. The second-order valence-corrected chi connectivity index (χ2v) is 9.25. The van der Waals surface area contributed by atoms with E-state index in [1.807, 2.05) is 12.1 Å². The molecule has 0 aliphatic heterocycles. The van der Waals surface area contributed by atoms with Gasteiger partial charge in [-0.1, -0.05) is 62.6 Å². The smallest absolute Gasteiger partial charge is 0.303 e. The van der Waals surface area contributed by atoms with Crippen LogP contribution in [-0.2, 0) is 4.79 Å². The number of carboxylic acid groups (broad SMARTS) is 1. The van der Waals surface area contributed by atoms with Gasteiger partial charge in [0.25, 0.3) is 0 Å². The van der Waals surface area contributed by atoms with Crippen molar-refractivity contribution in [2.45, 2.75) is 87.5 Å². The van der Waals surface area contributed by atoms with Gasteiger partial charge in [0.2, 0.25) is 0 Å². The maximum Gasteiger partial charge on any atom is 0.303 e. The summed E-state index contributed by atoms with van der Waals surface area (Å²) in [5, 5.41) is 19.1. The summed E-state index contributed by atoms with van der Waals surface area (Å²) >= 11 is 13.3. The first-order valence-corrected chi connectivity index (χ1v) is 11.7. The summed E-state index contributed by atoms with van der Waals surface area (Å²) in [5.41, 5.74) is 2.15. The number of unbranched alkanes of at least 4 members (excludes halogenated alkanes) is 3. The topological polar surface area (TPSA) is 57.5 Å². The third-order valence-corrected chi connectivity index (χ3v) is 6.84. The van der Waals surface area contributed by atoms with Gasteiger partial charge in [-0.2, -0.15) is 0 Å². The lowest BCUT2D eigenvalue weighted by Crippen LogP contribution is -2.16. The number of aliphatic carboxylic acids is 1. The molecule has 5 heteroatoms. The van der Waals surface area contributed by atoms with Crippen LogP contribution in [0.2, 0.25) is 0 Å². The van der Waals surface area contributed by atoms with E-state index < -0.39 is 12.1 Å². The summed E-state index contributed by atoms with van der Waals surface area (Å²) in [4.78, 5) is 10.6. The summed E-state index contributed by atoms with van der Waals surface area (Å²) in [6.45, 7) is 2.16. The van der Waals surface area contributed by atoms with Crippen molar-refractivity contribution in [1.29, 1.82) is 0 Å². The Morgan fingerprint density at radius 3 is 2.52 bits per heavy atom. The van der Waals surface area contributed by atoms with Crippen molar-refractivity contribution in [3.63, 3.8) is 0 Å². The molecule has 1 aromatic carbocycles. The molecule has 0 heterocycles. The van der Waals surface area contributed by atoms with E-state index in [2.05, 4.69) is 31.2 Å². The number of aliphatic hydroxyl groups is 1. The summed E-state index contributed by atoms with van der Waals surface area (Å²) in [6.07, 6.45) is 11.2. The van der Waals surface area contributed by atoms with Gasteiger partial charge < -0.3 is 10.2 Å². The maximum atomic E-state index is 10.6. The Morgan fingerprint density at radius 1 is 1.14 bits per heavy atom. The first-order valence-electron chi connectivity index (χ1n) is 10.9. The molecule has 0 amide bonds. The Hall–Kier alpha value is -1.03. The summed E-state index contributed by atoms with van der Waals surface area (Å²) in [6, 6.07) is 8.24. The van der Waals surface area contributed by atoms with Crippen LogP contribution in [0.5, 0.6) is 0 Å². The van der Waals surface area contributed by atoms with Crippen LogP contribution >= 0.6 is 23.2 Å². The Balaban J connectivity index is 1.96. The van der Waals surface area contributed by atoms with Crippen molar-refractivity contribution in [2.75, 3.05) is 0 Å². The van der Waals surface area contributed by atoms with Crippen molar-refractivity contribution in [1.82, 2.24) is 0 Å². The van der Waals surface area contributed by atoms with Crippen LogP contribution in [0.3, 0.4) is 0 Å². The number of alkyl halides is 2. The molecule has 1 aromatic rings. The SMILES string of the molecule is CCCCCC(O)c1ccc([C@@H]2[C@@H](C/C=C\CCCC(=O)O)[C@@H](Cl)C[C@H]2Cl)cc1. The molecule has 3 nitrogen and oxygen atoms in total. The molecule has 0 spiro atoms. The monoisotopic (exact) mass is 440 g/mol. The first-order chi connectivity index (χ1) is 13.9. The van der Waals surface area contributed by atoms with Crippen LogP contribution in [-0.4, -0.2) is 26.9 Å². The molecule has 1 unspecified atom stereocenters. The Kier molecular flexibility index (Phi) is 10.5. The van der Waals surface area contributed by atoms with Gasteiger partial charge in [0.15, 0.2) is 0 Å². The van der Waals surface area contributed by atoms with Gasteiger partial charge in [0.05, 0.1) is 6.10 Å². The van der Waals surface area contributed by atoms with E-state index in [1.54, 1.807) is 0 Å². The van der Waals surface area contributed by atoms with Crippen molar-refractivity contribution in [3.8, 4) is 0 Å². The molecule has 29 heavy (non-hydrogen) atoms. The zero-order valence-electron chi connectivity index (χ0n) is 17.3. The molecule has 0 radical (unpaired) electrons. The van der Waals surface area contributed by atoms with E-state index in [4.69, 9.17) is 28.3 Å². The van der Waals surface area contributed by atoms with E-state index in [1.165, 1.54) is 5.56 Å². The molecule has 2 rings (SSSR count). The molecular weight excluding hydrogens is 407 g/mol. The van der Waals surface area contributed by atoms with Gasteiger partial charge in [-0.3, -0.25) is 4.79 Å². The van der Waals surface area contributed by atoms with Gasteiger partial charge in [-0.05, 0) is 49.1 Å². The van der Waals surface area contributed by atoms with Crippen LogP contribution in [0, 0.1) is 5.92 Å². The molecule has 1 saturated carbocycles. The summed E-state index contributed by atoms with van der Waals surface area (Å²) in [5.74, 6) is -0.302. The molecule has 5 atom stereocenters. The minimum absolute atomic E-state index is 0.00300. The van der Waals surface area contributed by atoms with Crippen molar-refractivity contribution < 1.29 is 15.0 Å². The van der Waals surface area contributed by atoms with Crippen molar-refractivity contribution >= 4 is 29.2 Å². The Morgan fingerprint density at radius 2 is 1.86 bits per heavy atom. The summed E-state index contributed by atoms with van der Waals surface area (Å²) in [7, 11) is 0. The standard InChI is InChI=1S/C24H34Cl2O3/c1-2-3-6-10-22(27)17-12-14-18(15-13-17)24-19(20(25)16-21(24)26)9-7-4-5-8-11-23(28)29/h4,7,12-15,19-22,24,27H,2-3,5-6,8-11,16H2,1H3,(H,28,29)/b7-4-/t19-,20-,21+,22?,24+/m0/s1. The highest BCUT2D eigenvalue weighted by Crippen LogP contribution is 2.47. The van der Waals surface area contributed by atoms with E-state index >= 15 is 0 Å². The van der Waals surface area contributed by atoms with E-state index in [0.717, 1.165) is 50.5 Å². The number of carboxylic acids is 1. The van der Waals surface area contributed by atoms with Crippen LogP contribution in [0.1, 0.15) is 87.9 Å². The number of hydrogen-bond acceptors (Lipinski definition) is 2. The summed E-state index contributed by atoms with van der Waals surface area (Å²) < 4.78 is 0. The third kappa shape index (κ3) is 7.62. The van der Waals surface area contributed by atoms with Crippen LogP contribution in [0.25, 0.3) is 0 Å². The number of rotatable bonds is 12. The second kappa shape index (κ2) is 12.6. The Bertz CT molecular complexity index is 644. The zero-order valence-corrected chi connectivity index (χ0v) is 18.8. The number of carbonyl (C=O) groups is 1. The van der Waals surface area contributed by atoms with Crippen LogP contribution in [0.15, 0.2) is 36.4 Å². The second-order valence-electron chi connectivity index (χ2n) is 8.13. The molecule has 1 aliphatic carbocycles. The average molecular weight is 441 g/mol. The van der Waals surface area contributed by atoms with Gasteiger partial charge in [-0.15, -0.1) is 23.2 Å². The van der Waals surface area contributed by atoms with Gasteiger partial charge in [-0.25, -0.2) is 0 Å². The molecule has 2 N–H and O–H groups in total. The molecule has 1 fully saturated rings. The fourth-order valence-corrected chi connectivity index (χ4v) is 5.28. The lowest BCUT2D eigenvalue weighted by molar-refractivity contribution is -0.137. The zero-order chi connectivity index (χ0) is 21.2. The highest BCUT2D eigenvalue weighted by molar-refractivity contribution is 6.25. The van der Waals surface area contributed by atoms with E-state index in [-0.39, 0.29) is 29.0 Å². The third-order valence-electron chi connectivity index (χ3n) is 5.89. The predicted molar refractivity (Wildman–Crippen MR) is 121 cm³/mol. The van der Waals surface area contributed by atoms with Gasteiger partial charge in [0, 0.05) is 23.1 Å². The largest absolute Gasteiger partial charge is 0.481 e. The lowest BCUT2D eigenvalue weighted by atomic mass is 9.85. The highest BCUT2D eigenvalue weighted by Gasteiger charge is 2.41. The average Bonchev–Trinajstić information content (AvgIpc) is 2.97. The normalized spacial score (nSPS) is 25.5. The quantitative estimate of drug-likeness (QED) is 0.213. The first kappa shape index (κ1) is 24.2. The van der Waals surface area contributed by atoms with Crippen molar-refractivity contribution in [3.05, 3.63) is 47.5 Å². The number of hydrogen-bond donors (Lipinski definition) is 2. The van der Waals surface area contributed by atoms with Crippen molar-refractivity contribution in [2.24, 2.45) is 5.92 Å². The van der Waals surface area contributed by atoms with E-state index in [9.17, 15) is 9.90 Å². The molecule has 0 saturated heterocycles. The number of allylic oxidation sites excluding steroid dienone is 2.